The van der Waals surface area contributed by atoms with Crippen molar-refractivity contribution in [2.24, 2.45) is 0 Å². The Bertz CT molecular complexity index is 598. The molecule has 15 heavy (non-hydrogen) atoms. The van der Waals surface area contributed by atoms with Gasteiger partial charge in [0.25, 0.3) is 5.56 Å². The number of carbonyl (C=O) groups is 1. The lowest BCUT2D eigenvalue weighted by atomic mass is 10.1. The molecule has 76 valence electrons. The molecule has 0 unspecified atom stereocenters. The van der Waals surface area contributed by atoms with Gasteiger partial charge in [-0.25, -0.2) is 4.79 Å². The second-order valence-electron chi connectivity index (χ2n) is 3.39. The molecular weight excluding hydrogens is 194 g/mol. The molecule has 1 aromatic carbocycles. The average Bonchev–Trinajstić information content (AvgIpc) is 2.16. The minimum absolute atomic E-state index is 0.188. The Morgan fingerprint density at radius 1 is 1.33 bits per heavy atom. The number of pyridine rings is 1. The van der Waals surface area contributed by atoms with Crippen LogP contribution in [-0.4, -0.2) is 16.1 Å². The van der Waals surface area contributed by atoms with Crippen molar-refractivity contribution in [1.82, 2.24) is 4.98 Å². The molecule has 0 spiro atoms. The molecule has 0 atom stereocenters. The Morgan fingerprint density at radius 2 is 2.07 bits per heavy atom. The zero-order valence-electron chi connectivity index (χ0n) is 8.07. The number of fused-ring (bicyclic) bond motifs is 1. The summed E-state index contributed by atoms with van der Waals surface area (Å²) < 4.78 is 0. The van der Waals surface area contributed by atoms with Gasteiger partial charge in [-0.1, -0.05) is 0 Å². The maximum absolute atomic E-state index is 11.5. The number of hydrogen-bond acceptors (Lipinski definition) is 2. The van der Waals surface area contributed by atoms with Crippen molar-refractivity contribution in [2.45, 2.75) is 6.92 Å². The predicted octanol–water partition coefficient (Wildman–Crippen LogP) is 1.53. The number of aryl methyl sites for hydroxylation is 1. The number of carboxylic acids is 1. The zero-order valence-corrected chi connectivity index (χ0v) is 8.07. The van der Waals surface area contributed by atoms with Crippen LogP contribution in [0.15, 0.2) is 29.1 Å². The quantitative estimate of drug-likeness (QED) is 0.738. The first-order valence-corrected chi connectivity index (χ1v) is 4.45. The predicted molar refractivity (Wildman–Crippen MR) is 56.3 cm³/mol. The van der Waals surface area contributed by atoms with Gasteiger partial charge in [0.2, 0.25) is 0 Å². The highest BCUT2D eigenvalue weighted by molar-refractivity contribution is 5.94. The molecule has 0 saturated heterocycles. The first kappa shape index (κ1) is 9.45. The van der Waals surface area contributed by atoms with Crippen LogP contribution in [0.5, 0.6) is 0 Å². The minimum Gasteiger partial charge on any atom is -0.478 e. The first-order chi connectivity index (χ1) is 7.08. The number of carboxylic acid groups (broad SMARTS) is 1. The summed E-state index contributed by atoms with van der Waals surface area (Å²) in [6, 6.07) is 6.20. The number of benzene rings is 1. The van der Waals surface area contributed by atoms with Crippen LogP contribution < -0.4 is 5.56 Å². The molecule has 0 amide bonds. The van der Waals surface area contributed by atoms with Gasteiger partial charge in [-0.3, -0.25) is 4.79 Å². The molecular formula is C11H9NO3. The van der Waals surface area contributed by atoms with Gasteiger partial charge in [0, 0.05) is 11.1 Å². The van der Waals surface area contributed by atoms with E-state index in [0.29, 0.717) is 10.8 Å². The summed E-state index contributed by atoms with van der Waals surface area (Å²) in [6.07, 6.45) is 0. The van der Waals surface area contributed by atoms with E-state index in [1.807, 2.05) is 0 Å². The van der Waals surface area contributed by atoms with Gasteiger partial charge in [0.15, 0.2) is 0 Å². The van der Waals surface area contributed by atoms with E-state index in [9.17, 15) is 9.59 Å². The maximum Gasteiger partial charge on any atom is 0.335 e. The summed E-state index contributed by atoms with van der Waals surface area (Å²) in [5.41, 5.74) is 0.712. The Hall–Kier alpha value is -2.10. The Labute approximate surface area is 85.2 Å². The molecule has 0 fully saturated rings. The lowest BCUT2D eigenvalue weighted by molar-refractivity contribution is 0.0697. The number of rotatable bonds is 1. The average molecular weight is 203 g/mol. The van der Waals surface area contributed by atoms with Crippen LogP contribution in [-0.2, 0) is 0 Å². The number of nitrogens with one attached hydrogen (secondary N) is 1. The van der Waals surface area contributed by atoms with Crippen molar-refractivity contribution >= 4 is 16.7 Å². The highest BCUT2D eigenvalue weighted by atomic mass is 16.4. The number of H-pyrrole nitrogens is 1. The molecule has 0 aliphatic rings. The van der Waals surface area contributed by atoms with Crippen molar-refractivity contribution in [3.8, 4) is 0 Å². The van der Waals surface area contributed by atoms with Crippen molar-refractivity contribution < 1.29 is 9.90 Å². The Balaban J connectivity index is 2.82. The lowest BCUT2D eigenvalue weighted by Crippen LogP contribution is -2.08. The Kier molecular flexibility index (Phi) is 2.04. The van der Waals surface area contributed by atoms with E-state index >= 15 is 0 Å². The summed E-state index contributed by atoms with van der Waals surface area (Å²) in [5, 5.41) is 9.95. The standard InChI is InChI=1S/C11H9NO3/c1-6-4-8-5-7(11(14)15)2-3-9(8)10(13)12-6/h2-5H,1H3,(H,12,13)(H,14,15). The molecule has 1 heterocycles. The Morgan fingerprint density at radius 3 is 2.73 bits per heavy atom. The second-order valence-corrected chi connectivity index (χ2v) is 3.39. The highest BCUT2D eigenvalue weighted by Gasteiger charge is 2.05. The summed E-state index contributed by atoms with van der Waals surface area (Å²) >= 11 is 0. The third-order valence-electron chi connectivity index (χ3n) is 2.23. The van der Waals surface area contributed by atoms with E-state index in [4.69, 9.17) is 5.11 Å². The molecule has 0 bridgehead atoms. The SMILES string of the molecule is Cc1cc2cc(C(=O)O)ccc2c(=O)[nH]1. The lowest BCUT2D eigenvalue weighted by Gasteiger charge is -2.00. The summed E-state index contributed by atoms with van der Waals surface area (Å²) in [5.74, 6) is -0.991. The fraction of sp³-hybridized carbons (Fsp3) is 0.0909. The zero-order chi connectivity index (χ0) is 11.0. The number of aromatic nitrogens is 1. The van der Waals surface area contributed by atoms with Crippen LogP contribution in [0.3, 0.4) is 0 Å². The number of aromatic amines is 1. The first-order valence-electron chi connectivity index (χ1n) is 4.45. The fourth-order valence-corrected chi connectivity index (χ4v) is 1.54. The van der Waals surface area contributed by atoms with Gasteiger partial charge in [-0.2, -0.15) is 0 Å². The van der Waals surface area contributed by atoms with Crippen LogP contribution in [0.2, 0.25) is 0 Å². The summed E-state index contributed by atoms with van der Waals surface area (Å²) in [7, 11) is 0. The topological polar surface area (TPSA) is 70.2 Å². The van der Waals surface area contributed by atoms with Gasteiger partial charge in [0.05, 0.1) is 5.56 Å². The molecule has 0 saturated carbocycles. The van der Waals surface area contributed by atoms with Crippen LogP contribution in [0.1, 0.15) is 16.1 Å². The minimum atomic E-state index is -0.991. The fourth-order valence-electron chi connectivity index (χ4n) is 1.54. The van der Waals surface area contributed by atoms with Gasteiger partial charge in [-0.15, -0.1) is 0 Å². The molecule has 2 N–H and O–H groups in total. The van der Waals surface area contributed by atoms with Crippen molar-refractivity contribution in [1.29, 1.82) is 0 Å². The van der Waals surface area contributed by atoms with Gasteiger partial charge in [-0.05, 0) is 36.6 Å². The van der Waals surface area contributed by atoms with E-state index in [2.05, 4.69) is 4.98 Å². The smallest absolute Gasteiger partial charge is 0.335 e. The van der Waals surface area contributed by atoms with Crippen LogP contribution >= 0.6 is 0 Å². The molecule has 0 aliphatic heterocycles. The normalized spacial score (nSPS) is 10.5. The molecule has 2 rings (SSSR count). The van der Waals surface area contributed by atoms with E-state index in [0.717, 1.165) is 5.69 Å². The van der Waals surface area contributed by atoms with E-state index in [1.54, 1.807) is 13.0 Å². The number of hydrogen-bond donors (Lipinski definition) is 2. The molecule has 2 aromatic rings. The van der Waals surface area contributed by atoms with Crippen LogP contribution in [0.4, 0.5) is 0 Å². The summed E-state index contributed by atoms with van der Waals surface area (Å²) in [4.78, 5) is 24.9. The molecule has 1 aromatic heterocycles. The third kappa shape index (κ3) is 1.61. The third-order valence-corrected chi connectivity index (χ3v) is 2.23. The molecule has 4 nitrogen and oxygen atoms in total. The van der Waals surface area contributed by atoms with E-state index in [-0.39, 0.29) is 11.1 Å². The molecule has 0 radical (unpaired) electrons. The van der Waals surface area contributed by atoms with E-state index < -0.39 is 5.97 Å². The van der Waals surface area contributed by atoms with Crippen molar-refractivity contribution in [3.63, 3.8) is 0 Å². The monoisotopic (exact) mass is 203 g/mol. The van der Waals surface area contributed by atoms with Crippen molar-refractivity contribution in [3.05, 3.63) is 45.9 Å². The van der Waals surface area contributed by atoms with Gasteiger partial charge in [0.1, 0.15) is 0 Å². The van der Waals surface area contributed by atoms with Crippen LogP contribution in [0, 0.1) is 6.92 Å². The summed E-state index contributed by atoms with van der Waals surface area (Å²) in [6.45, 7) is 1.76. The van der Waals surface area contributed by atoms with Gasteiger partial charge >= 0.3 is 5.97 Å². The van der Waals surface area contributed by atoms with Gasteiger partial charge < -0.3 is 10.1 Å². The molecule has 0 aliphatic carbocycles. The number of aromatic carboxylic acids is 1. The highest BCUT2D eigenvalue weighted by Crippen LogP contribution is 2.13. The largest absolute Gasteiger partial charge is 0.478 e. The van der Waals surface area contributed by atoms with Crippen LogP contribution in [0.25, 0.3) is 10.8 Å². The second kappa shape index (κ2) is 3.24. The maximum atomic E-state index is 11.5. The molecule has 4 heteroatoms. The van der Waals surface area contributed by atoms with E-state index in [1.165, 1.54) is 18.2 Å². The van der Waals surface area contributed by atoms with Crippen molar-refractivity contribution in [2.75, 3.05) is 0 Å².